The van der Waals surface area contributed by atoms with Crippen LogP contribution in [0.15, 0.2) is 42.5 Å². The predicted octanol–water partition coefficient (Wildman–Crippen LogP) is 3.67. The number of halogens is 1. The maximum atomic E-state index is 12.0. The minimum absolute atomic E-state index is 0.123. The van der Waals surface area contributed by atoms with Crippen LogP contribution in [0.1, 0.15) is 15.9 Å². The maximum Gasteiger partial charge on any atom is 0.231 e. The first-order valence-electron chi connectivity index (χ1n) is 6.24. The molecule has 2 aromatic carbocycles. The number of rotatable bonds is 3. The topological polar surface area (TPSA) is 55.8 Å². The van der Waals surface area contributed by atoms with Gasteiger partial charge in [-0.05, 0) is 48.0 Å². The van der Waals surface area contributed by atoms with Crippen LogP contribution in [0.3, 0.4) is 0 Å². The molecule has 2 aromatic rings. The van der Waals surface area contributed by atoms with Gasteiger partial charge in [0, 0.05) is 5.56 Å². The largest absolute Gasteiger partial charge is 0.508 e. The molecule has 1 aliphatic heterocycles. The van der Waals surface area contributed by atoms with Gasteiger partial charge >= 0.3 is 0 Å². The number of hydrogen-bond donors (Lipinski definition) is 1. The number of aromatic hydroxyl groups is 1. The Morgan fingerprint density at radius 2 is 1.95 bits per heavy atom. The highest BCUT2D eigenvalue weighted by Gasteiger charge is 2.17. The van der Waals surface area contributed by atoms with Crippen LogP contribution >= 0.6 is 11.6 Å². The van der Waals surface area contributed by atoms with Gasteiger partial charge in [0.15, 0.2) is 17.3 Å². The van der Waals surface area contributed by atoms with Crippen LogP contribution in [0.25, 0.3) is 6.08 Å². The van der Waals surface area contributed by atoms with Crippen LogP contribution in [-0.4, -0.2) is 17.7 Å². The number of fused-ring (bicyclic) bond motifs is 1. The third kappa shape index (κ3) is 2.85. The van der Waals surface area contributed by atoms with E-state index in [2.05, 4.69) is 0 Å². The number of allylic oxidation sites excluding steroid dienone is 1. The smallest absolute Gasteiger partial charge is 0.231 e. The Morgan fingerprint density at radius 3 is 2.71 bits per heavy atom. The van der Waals surface area contributed by atoms with Crippen molar-refractivity contribution in [1.29, 1.82) is 0 Å². The number of carbonyl (C=O) groups is 1. The monoisotopic (exact) mass is 302 g/mol. The second kappa shape index (κ2) is 5.50. The van der Waals surface area contributed by atoms with Gasteiger partial charge in [-0.1, -0.05) is 17.7 Å². The molecule has 106 valence electrons. The standard InChI is InChI=1S/C16H11ClO4/c17-13-7-10(8-15-16(13)21-9-20-15)1-6-14(19)11-2-4-12(18)5-3-11/h1-8,18H,9H2/b6-1+. The number of ether oxygens (including phenoxy) is 2. The molecule has 0 radical (unpaired) electrons. The molecule has 0 fully saturated rings. The fraction of sp³-hybridized carbons (Fsp3) is 0.0625. The van der Waals surface area contributed by atoms with E-state index >= 15 is 0 Å². The Kier molecular flexibility index (Phi) is 3.54. The lowest BCUT2D eigenvalue weighted by molar-refractivity contribution is 0.104. The summed E-state index contributed by atoms with van der Waals surface area (Å²) in [5.74, 6) is 1.06. The zero-order valence-corrected chi connectivity index (χ0v) is 11.6. The van der Waals surface area contributed by atoms with Gasteiger partial charge in [0.25, 0.3) is 0 Å². The average molecular weight is 303 g/mol. The molecule has 0 saturated heterocycles. The second-order valence-corrected chi connectivity index (χ2v) is 4.89. The third-order valence-electron chi connectivity index (χ3n) is 3.03. The van der Waals surface area contributed by atoms with Gasteiger partial charge in [-0.3, -0.25) is 4.79 Å². The molecule has 1 aliphatic rings. The fourth-order valence-corrected chi connectivity index (χ4v) is 2.25. The minimum Gasteiger partial charge on any atom is -0.508 e. The average Bonchev–Trinajstić information content (AvgIpc) is 2.94. The van der Waals surface area contributed by atoms with E-state index in [1.807, 2.05) is 0 Å². The van der Waals surface area contributed by atoms with Gasteiger partial charge in [0.2, 0.25) is 6.79 Å². The van der Waals surface area contributed by atoms with E-state index in [0.29, 0.717) is 22.1 Å². The van der Waals surface area contributed by atoms with Crippen molar-refractivity contribution in [3.05, 3.63) is 58.6 Å². The summed E-state index contributed by atoms with van der Waals surface area (Å²) in [7, 11) is 0. The fourth-order valence-electron chi connectivity index (χ4n) is 1.98. The molecular formula is C16H11ClO4. The number of phenolic OH excluding ortho intramolecular Hbond substituents is 1. The zero-order chi connectivity index (χ0) is 14.8. The summed E-state index contributed by atoms with van der Waals surface area (Å²) in [5, 5.41) is 9.64. The highest BCUT2D eigenvalue weighted by molar-refractivity contribution is 6.32. The summed E-state index contributed by atoms with van der Waals surface area (Å²) in [6, 6.07) is 9.53. The van der Waals surface area contributed by atoms with Gasteiger partial charge in [0.05, 0.1) is 5.02 Å². The first-order valence-corrected chi connectivity index (χ1v) is 6.62. The molecular weight excluding hydrogens is 292 g/mol. The van der Waals surface area contributed by atoms with Gasteiger partial charge in [-0.15, -0.1) is 0 Å². The molecule has 5 heteroatoms. The van der Waals surface area contributed by atoms with Gasteiger partial charge in [-0.25, -0.2) is 0 Å². The molecule has 1 N–H and O–H groups in total. The molecule has 1 heterocycles. The Morgan fingerprint density at radius 1 is 1.19 bits per heavy atom. The SMILES string of the molecule is O=C(/C=C/c1cc(Cl)c2c(c1)OCO2)c1ccc(O)cc1. The van der Waals surface area contributed by atoms with E-state index in [0.717, 1.165) is 5.56 Å². The lowest BCUT2D eigenvalue weighted by Crippen LogP contribution is -1.93. The Balaban J connectivity index is 1.81. The van der Waals surface area contributed by atoms with E-state index in [-0.39, 0.29) is 18.3 Å². The first kappa shape index (κ1) is 13.5. The minimum atomic E-state index is -0.163. The van der Waals surface area contributed by atoms with Crippen LogP contribution in [0.2, 0.25) is 5.02 Å². The Bertz CT molecular complexity index is 720. The van der Waals surface area contributed by atoms with Crippen molar-refractivity contribution in [1.82, 2.24) is 0 Å². The van der Waals surface area contributed by atoms with Crippen LogP contribution in [0.4, 0.5) is 0 Å². The summed E-state index contributed by atoms with van der Waals surface area (Å²) < 4.78 is 10.5. The molecule has 0 atom stereocenters. The summed E-state index contributed by atoms with van der Waals surface area (Å²) in [6.45, 7) is 0.147. The van der Waals surface area contributed by atoms with Crippen LogP contribution in [-0.2, 0) is 0 Å². The Labute approximate surface area is 126 Å². The highest BCUT2D eigenvalue weighted by atomic mass is 35.5. The molecule has 0 saturated carbocycles. The van der Waals surface area contributed by atoms with Crippen molar-refractivity contribution in [2.75, 3.05) is 6.79 Å². The molecule has 0 spiro atoms. The lowest BCUT2D eigenvalue weighted by atomic mass is 10.1. The molecule has 3 rings (SSSR count). The number of ketones is 1. The summed E-state index contributed by atoms with van der Waals surface area (Å²) in [6.07, 6.45) is 3.10. The van der Waals surface area contributed by atoms with Crippen molar-refractivity contribution in [3.63, 3.8) is 0 Å². The number of benzene rings is 2. The number of carbonyl (C=O) groups excluding carboxylic acids is 1. The van der Waals surface area contributed by atoms with Gasteiger partial charge in [0.1, 0.15) is 5.75 Å². The van der Waals surface area contributed by atoms with Crippen molar-refractivity contribution in [2.24, 2.45) is 0 Å². The highest BCUT2D eigenvalue weighted by Crippen LogP contribution is 2.40. The number of hydrogen-bond acceptors (Lipinski definition) is 4. The Hall–Kier alpha value is -2.46. The zero-order valence-electron chi connectivity index (χ0n) is 10.9. The van der Waals surface area contributed by atoms with E-state index < -0.39 is 0 Å². The summed E-state index contributed by atoms with van der Waals surface area (Å²) in [4.78, 5) is 12.0. The third-order valence-corrected chi connectivity index (χ3v) is 3.31. The van der Waals surface area contributed by atoms with Gasteiger partial charge in [-0.2, -0.15) is 0 Å². The van der Waals surface area contributed by atoms with Gasteiger partial charge < -0.3 is 14.6 Å². The second-order valence-electron chi connectivity index (χ2n) is 4.48. The molecule has 0 unspecified atom stereocenters. The maximum absolute atomic E-state index is 12.0. The molecule has 0 bridgehead atoms. The normalized spacial score (nSPS) is 12.8. The van der Waals surface area contributed by atoms with Crippen LogP contribution < -0.4 is 9.47 Å². The van der Waals surface area contributed by atoms with E-state index in [1.165, 1.54) is 18.2 Å². The summed E-state index contributed by atoms with van der Waals surface area (Å²) in [5.41, 5.74) is 1.24. The van der Waals surface area contributed by atoms with Crippen LogP contribution in [0.5, 0.6) is 17.2 Å². The quantitative estimate of drug-likeness (QED) is 0.694. The van der Waals surface area contributed by atoms with E-state index in [1.54, 1.807) is 30.3 Å². The van der Waals surface area contributed by atoms with Crippen molar-refractivity contribution in [2.45, 2.75) is 0 Å². The van der Waals surface area contributed by atoms with E-state index in [9.17, 15) is 9.90 Å². The molecule has 21 heavy (non-hydrogen) atoms. The van der Waals surface area contributed by atoms with E-state index in [4.69, 9.17) is 21.1 Å². The van der Waals surface area contributed by atoms with Crippen molar-refractivity contribution in [3.8, 4) is 17.2 Å². The molecule has 4 nitrogen and oxygen atoms in total. The van der Waals surface area contributed by atoms with Crippen molar-refractivity contribution < 1.29 is 19.4 Å². The van der Waals surface area contributed by atoms with Crippen molar-refractivity contribution >= 4 is 23.5 Å². The predicted molar refractivity (Wildman–Crippen MR) is 79.0 cm³/mol. The number of phenols is 1. The summed E-state index contributed by atoms with van der Waals surface area (Å²) >= 11 is 6.07. The van der Waals surface area contributed by atoms with Crippen LogP contribution in [0, 0.1) is 0 Å². The lowest BCUT2D eigenvalue weighted by Gasteiger charge is -2.01. The first-order chi connectivity index (χ1) is 10.1. The molecule has 0 amide bonds. The molecule has 0 aromatic heterocycles. The molecule has 0 aliphatic carbocycles.